The summed E-state index contributed by atoms with van der Waals surface area (Å²) in [5.41, 5.74) is 1.13. The molecular weight excluding hydrogens is 326 g/mol. The molecule has 0 aliphatic carbocycles. The number of aromatic nitrogens is 4. The van der Waals surface area contributed by atoms with E-state index in [0.29, 0.717) is 5.92 Å². The van der Waals surface area contributed by atoms with Crippen LogP contribution in [0.15, 0.2) is 22.9 Å². The summed E-state index contributed by atoms with van der Waals surface area (Å²) in [6.07, 6.45) is 2.22. The molecule has 3 aromatic rings. The van der Waals surface area contributed by atoms with Crippen LogP contribution in [0.5, 0.6) is 0 Å². The molecule has 1 atom stereocenters. The lowest BCUT2D eigenvalue weighted by atomic mass is 9.99. The van der Waals surface area contributed by atoms with Gasteiger partial charge >= 0.3 is 0 Å². The Labute approximate surface area is 143 Å². The van der Waals surface area contributed by atoms with Crippen molar-refractivity contribution < 1.29 is 0 Å². The van der Waals surface area contributed by atoms with Gasteiger partial charge in [-0.1, -0.05) is 6.07 Å². The van der Waals surface area contributed by atoms with Gasteiger partial charge < -0.3 is 9.88 Å². The molecule has 3 aromatic heterocycles. The summed E-state index contributed by atoms with van der Waals surface area (Å²) in [5, 5.41) is 17.3. The standard InChI is InChI=1S/C16H19N5S2/c1-11-19-20-15-5-4-12(9-21(11)15)7-17-8-13-10-23-16(18-13)14-3-2-6-22-14/h2-3,6,10,12,17H,4-5,7-9H2,1H3. The van der Waals surface area contributed by atoms with Crippen LogP contribution in [0.25, 0.3) is 9.88 Å². The van der Waals surface area contributed by atoms with Gasteiger partial charge in [0.1, 0.15) is 16.7 Å². The fraction of sp³-hybridized carbons (Fsp3) is 0.438. The Morgan fingerprint density at radius 3 is 3.17 bits per heavy atom. The number of nitrogens with zero attached hydrogens (tertiary/aromatic N) is 4. The molecule has 5 nitrogen and oxygen atoms in total. The molecule has 4 rings (SSSR count). The fourth-order valence-corrected chi connectivity index (χ4v) is 4.64. The quantitative estimate of drug-likeness (QED) is 0.772. The maximum atomic E-state index is 4.72. The smallest absolute Gasteiger partial charge is 0.133 e. The Hall–Kier alpha value is -1.57. The zero-order valence-electron chi connectivity index (χ0n) is 13.0. The average molecular weight is 345 g/mol. The van der Waals surface area contributed by atoms with Crippen molar-refractivity contribution in [3.8, 4) is 9.88 Å². The molecule has 1 N–H and O–H groups in total. The van der Waals surface area contributed by atoms with E-state index < -0.39 is 0 Å². The number of fused-ring (bicyclic) bond motifs is 1. The molecule has 1 aliphatic rings. The second kappa shape index (κ2) is 6.51. The van der Waals surface area contributed by atoms with Crippen LogP contribution >= 0.6 is 22.7 Å². The van der Waals surface area contributed by atoms with Crippen molar-refractivity contribution in [3.63, 3.8) is 0 Å². The van der Waals surface area contributed by atoms with E-state index in [1.807, 2.05) is 6.92 Å². The molecule has 23 heavy (non-hydrogen) atoms. The number of hydrogen-bond acceptors (Lipinski definition) is 6. The highest BCUT2D eigenvalue weighted by atomic mass is 32.1. The fourth-order valence-electron chi connectivity index (χ4n) is 3.00. The molecule has 1 aliphatic heterocycles. The van der Waals surface area contributed by atoms with E-state index in [0.717, 1.165) is 48.4 Å². The first kappa shape index (κ1) is 15.0. The zero-order valence-corrected chi connectivity index (χ0v) is 14.7. The van der Waals surface area contributed by atoms with E-state index >= 15 is 0 Å². The molecule has 4 heterocycles. The van der Waals surface area contributed by atoms with Gasteiger partial charge in [-0.3, -0.25) is 0 Å². The van der Waals surface area contributed by atoms with Gasteiger partial charge in [-0.2, -0.15) is 0 Å². The normalized spacial score (nSPS) is 17.3. The molecule has 1 unspecified atom stereocenters. The summed E-state index contributed by atoms with van der Waals surface area (Å²) < 4.78 is 2.26. The van der Waals surface area contributed by atoms with Crippen molar-refractivity contribution in [2.24, 2.45) is 5.92 Å². The molecule has 0 spiro atoms. The van der Waals surface area contributed by atoms with Gasteiger partial charge in [-0.15, -0.1) is 32.9 Å². The predicted molar refractivity (Wildman–Crippen MR) is 93.7 cm³/mol. The molecule has 0 saturated heterocycles. The summed E-state index contributed by atoms with van der Waals surface area (Å²) in [4.78, 5) is 5.97. The molecule has 0 saturated carbocycles. The maximum absolute atomic E-state index is 4.72. The van der Waals surface area contributed by atoms with Gasteiger partial charge in [0.25, 0.3) is 0 Å². The molecular formula is C16H19N5S2. The van der Waals surface area contributed by atoms with Crippen LogP contribution in [0.4, 0.5) is 0 Å². The largest absolute Gasteiger partial charge is 0.315 e. The minimum atomic E-state index is 0.646. The van der Waals surface area contributed by atoms with E-state index in [2.05, 4.69) is 43.0 Å². The van der Waals surface area contributed by atoms with Crippen LogP contribution in [-0.2, 0) is 19.5 Å². The lowest BCUT2D eigenvalue weighted by Crippen LogP contribution is -2.30. The second-order valence-electron chi connectivity index (χ2n) is 5.93. The first-order valence-corrected chi connectivity index (χ1v) is 9.63. The Kier molecular flexibility index (Phi) is 4.24. The average Bonchev–Trinajstić information content (AvgIpc) is 3.29. The highest BCUT2D eigenvalue weighted by molar-refractivity contribution is 7.20. The van der Waals surface area contributed by atoms with Crippen LogP contribution in [0, 0.1) is 12.8 Å². The summed E-state index contributed by atoms with van der Waals surface area (Å²) in [6, 6.07) is 4.20. The number of nitrogens with one attached hydrogen (secondary N) is 1. The van der Waals surface area contributed by atoms with Crippen LogP contribution < -0.4 is 5.32 Å². The van der Waals surface area contributed by atoms with Crippen LogP contribution in [0.2, 0.25) is 0 Å². The third-order valence-electron chi connectivity index (χ3n) is 4.25. The lowest BCUT2D eigenvalue weighted by molar-refractivity contribution is 0.344. The highest BCUT2D eigenvalue weighted by Gasteiger charge is 2.21. The van der Waals surface area contributed by atoms with Gasteiger partial charge in [-0.25, -0.2) is 4.98 Å². The first-order chi connectivity index (χ1) is 11.3. The Bertz CT molecular complexity index is 774. The minimum Gasteiger partial charge on any atom is -0.315 e. The third kappa shape index (κ3) is 3.22. The Morgan fingerprint density at radius 1 is 1.35 bits per heavy atom. The van der Waals surface area contributed by atoms with E-state index in [9.17, 15) is 0 Å². The van der Waals surface area contributed by atoms with Crippen molar-refractivity contribution in [1.29, 1.82) is 0 Å². The van der Waals surface area contributed by atoms with Gasteiger partial charge in [-0.05, 0) is 30.7 Å². The van der Waals surface area contributed by atoms with Gasteiger partial charge in [0.05, 0.1) is 10.6 Å². The topological polar surface area (TPSA) is 55.6 Å². The predicted octanol–water partition coefficient (Wildman–Crippen LogP) is 3.12. The van der Waals surface area contributed by atoms with Gasteiger partial charge in [0.2, 0.25) is 0 Å². The van der Waals surface area contributed by atoms with E-state index in [1.165, 1.54) is 11.3 Å². The third-order valence-corrected chi connectivity index (χ3v) is 6.18. The van der Waals surface area contributed by atoms with E-state index in [-0.39, 0.29) is 0 Å². The molecule has 0 bridgehead atoms. The SMILES string of the molecule is Cc1nnc2n1CC(CNCc1csc(-c3cccs3)n1)CC2. The monoisotopic (exact) mass is 345 g/mol. The molecule has 120 valence electrons. The van der Waals surface area contributed by atoms with E-state index in [1.54, 1.807) is 22.7 Å². The summed E-state index contributed by atoms with van der Waals surface area (Å²) in [5.74, 6) is 2.82. The van der Waals surface area contributed by atoms with Crippen molar-refractivity contribution in [2.45, 2.75) is 32.9 Å². The molecule has 0 aromatic carbocycles. The van der Waals surface area contributed by atoms with Crippen molar-refractivity contribution in [2.75, 3.05) is 6.54 Å². The summed E-state index contributed by atoms with van der Waals surface area (Å²) in [7, 11) is 0. The van der Waals surface area contributed by atoms with Gasteiger partial charge in [0.15, 0.2) is 0 Å². The molecule has 0 amide bonds. The number of thiazole rings is 1. The molecule has 0 fully saturated rings. The number of rotatable bonds is 5. The number of aryl methyl sites for hydroxylation is 2. The number of thiophene rings is 1. The second-order valence-corrected chi connectivity index (χ2v) is 7.74. The zero-order chi connectivity index (χ0) is 15.6. The van der Waals surface area contributed by atoms with Crippen molar-refractivity contribution >= 4 is 22.7 Å². The van der Waals surface area contributed by atoms with E-state index in [4.69, 9.17) is 4.98 Å². The maximum Gasteiger partial charge on any atom is 0.133 e. The minimum absolute atomic E-state index is 0.646. The summed E-state index contributed by atoms with van der Waals surface area (Å²) in [6.45, 7) is 4.92. The molecule has 7 heteroatoms. The first-order valence-electron chi connectivity index (χ1n) is 7.87. The van der Waals surface area contributed by atoms with Crippen LogP contribution in [0.3, 0.4) is 0 Å². The Balaban J connectivity index is 1.30. The lowest BCUT2D eigenvalue weighted by Gasteiger charge is -2.24. The van der Waals surface area contributed by atoms with Crippen molar-refractivity contribution in [3.05, 3.63) is 40.2 Å². The summed E-state index contributed by atoms with van der Waals surface area (Å²) >= 11 is 3.47. The van der Waals surface area contributed by atoms with Crippen LogP contribution in [-0.4, -0.2) is 26.3 Å². The number of hydrogen-bond donors (Lipinski definition) is 1. The Morgan fingerprint density at radius 2 is 2.30 bits per heavy atom. The van der Waals surface area contributed by atoms with Crippen molar-refractivity contribution in [1.82, 2.24) is 25.1 Å². The van der Waals surface area contributed by atoms with Gasteiger partial charge in [0, 0.05) is 31.4 Å². The highest BCUT2D eigenvalue weighted by Crippen LogP contribution is 2.27. The van der Waals surface area contributed by atoms with Crippen LogP contribution in [0.1, 0.15) is 23.8 Å². The molecule has 0 radical (unpaired) electrons.